The Bertz CT molecular complexity index is 313. The van der Waals surface area contributed by atoms with Gasteiger partial charge in [0.25, 0.3) is 0 Å². The number of ether oxygens (including phenoxy) is 1. The highest BCUT2D eigenvalue weighted by molar-refractivity contribution is 5.78. The van der Waals surface area contributed by atoms with E-state index in [9.17, 15) is 9.90 Å². The summed E-state index contributed by atoms with van der Waals surface area (Å²) in [5.41, 5.74) is -1.31. The molecule has 0 spiro atoms. The van der Waals surface area contributed by atoms with Gasteiger partial charge >= 0.3 is 5.97 Å². The lowest BCUT2D eigenvalue weighted by Crippen LogP contribution is -2.37. The van der Waals surface area contributed by atoms with Gasteiger partial charge in [0, 0.05) is 0 Å². The predicted molar refractivity (Wildman–Crippen MR) is 111 cm³/mol. The van der Waals surface area contributed by atoms with Gasteiger partial charge in [0.15, 0.2) is 5.60 Å². The van der Waals surface area contributed by atoms with E-state index in [4.69, 9.17) is 4.74 Å². The Labute approximate surface area is 163 Å². The summed E-state index contributed by atoms with van der Waals surface area (Å²) in [6.45, 7) is 6.33. The van der Waals surface area contributed by atoms with Crippen molar-refractivity contribution in [3.63, 3.8) is 0 Å². The lowest BCUT2D eigenvalue weighted by molar-refractivity contribution is -0.164. The predicted octanol–water partition coefficient (Wildman–Crippen LogP) is 6.95. The maximum absolute atomic E-state index is 11.8. The van der Waals surface area contributed by atoms with E-state index in [0.29, 0.717) is 13.0 Å². The molecule has 1 atom stereocenters. The molecule has 1 N–H and O–H groups in total. The number of hydrogen-bond acceptors (Lipinski definition) is 3. The third-order valence-electron chi connectivity index (χ3n) is 5.19. The van der Waals surface area contributed by atoms with Crippen molar-refractivity contribution in [2.75, 3.05) is 6.61 Å². The summed E-state index contributed by atoms with van der Waals surface area (Å²) in [7, 11) is 0. The van der Waals surface area contributed by atoms with Crippen molar-refractivity contribution in [3.8, 4) is 0 Å². The Kier molecular flexibility index (Phi) is 17.4. The van der Waals surface area contributed by atoms with Crippen LogP contribution < -0.4 is 0 Å². The number of aliphatic hydroxyl groups is 1. The van der Waals surface area contributed by atoms with E-state index in [-0.39, 0.29) is 0 Å². The van der Waals surface area contributed by atoms with Gasteiger partial charge < -0.3 is 9.84 Å². The molecule has 26 heavy (non-hydrogen) atoms. The first kappa shape index (κ1) is 25.4. The normalized spacial score (nSPS) is 13.5. The molecule has 0 aliphatic heterocycles. The first-order valence-electron chi connectivity index (χ1n) is 11.4. The van der Waals surface area contributed by atoms with Crippen molar-refractivity contribution >= 4 is 5.97 Å². The number of unbranched alkanes of at least 4 members (excludes halogenated alkanes) is 14. The van der Waals surface area contributed by atoms with Crippen LogP contribution >= 0.6 is 0 Å². The van der Waals surface area contributed by atoms with E-state index >= 15 is 0 Å². The minimum atomic E-state index is -1.31. The average molecular weight is 371 g/mol. The lowest BCUT2D eigenvalue weighted by Gasteiger charge is -2.21. The van der Waals surface area contributed by atoms with Gasteiger partial charge in [-0.15, -0.1) is 0 Å². The monoisotopic (exact) mass is 370 g/mol. The zero-order valence-corrected chi connectivity index (χ0v) is 18.0. The molecule has 3 heteroatoms. The van der Waals surface area contributed by atoms with Gasteiger partial charge in [-0.25, -0.2) is 4.79 Å². The van der Waals surface area contributed by atoms with Crippen LogP contribution in [0.25, 0.3) is 0 Å². The van der Waals surface area contributed by atoms with E-state index < -0.39 is 11.6 Å². The highest BCUT2D eigenvalue weighted by Gasteiger charge is 2.31. The topological polar surface area (TPSA) is 46.5 Å². The van der Waals surface area contributed by atoms with Gasteiger partial charge in [0.1, 0.15) is 0 Å². The maximum Gasteiger partial charge on any atom is 0.337 e. The Hall–Kier alpha value is -0.570. The highest BCUT2D eigenvalue weighted by Crippen LogP contribution is 2.18. The van der Waals surface area contributed by atoms with Gasteiger partial charge in [-0.1, -0.05) is 104 Å². The van der Waals surface area contributed by atoms with Crippen LogP contribution in [-0.2, 0) is 9.53 Å². The van der Waals surface area contributed by atoms with Gasteiger partial charge in [-0.2, -0.15) is 0 Å². The van der Waals surface area contributed by atoms with Crippen molar-refractivity contribution in [1.29, 1.82) is 0 Å². The fourth-order valence-corrected chi connectivity index (χ4v) is 3.23. The largest absolute Gasteiger partial charge is 0.464 e. The number of carbonyl (C=O) groups is 1. The summed E-state index contributed by atoms with van der Waals surface area (Å²) in [5, 5.41) is 10.2. The highest BCUT2D eigenvalue weighted by atomic mass is 16.5. The van der Waals surface area contributed by atoms with E-state index in [1.165, 1.54) is 77.0 Å². The molecule has 0 aliphatic rings. The number of rotatable bonds is 19. The number of carbonyl (C=O) groups excluding carboxylic acids is 1. The molecule has 0 heterocycles. The summed E-state index contributed by atoms with van der Waals surface area (Å²) in [5.74, 6) is -0.458. The summed E-state index contributed by atoms with van der Waals surface area (Å²) in [6, 6.07) is 0. The van der Waals surface area contributed by atoms with Gasteiger partial charge in [-0.05, 0) is 26.2 Å². The fraction of sp³-hybridized carbons (Fsp3) is 0.957. The van der Waals surface area contributed by atoms with Crippen LogP contribution in [0.2, 0.25) is 0 Å². The molecular formula is C23H46O3. The van der Waals surface area contributed by atoms with Crippen molar-refractivity contribution in [2.45, 2.75) is 136 Å². The molecule has 0 saturated carbocycles. The van der Waals surface area contributed by atoms with Crippen LogP contribution in [0, 0.1) is 0 Å². The van der Waals surface area contributed by atoms with Crippen LogP contribution in [-0.4, -0.2) is 23.3 Å². The van der Waals surface area contributed by atoms with E-state index in [1.54, 1.807) is 6.92 Å². The Balaban J connectivity index is 3.38. The number of esters is 1. The minimum Gasteiger partial charge on any atom is -0.464 e. The third-order valence-corrected chi connectivity index (χ3v) is 5.19. The van der Waals surface area contributed by atoms with Crippen molar-refractivity contribution in [3.05, 3.63) is 0 Å². The fourth-order valence-electron chi connectivity index (χ4n) is 3.23. The Morgan fingerprint density at radius 3 is 1.50 bits per heavy atom. The van der Waals surface area contributed by atoms with E-state index in [0.717, 1.165) is 25.7 Å². The van der Waals surface area contributed by atoms with Gasteiger partial charge in [0.05, 0.1) is 6.61 Å². The molecule has 0 aromatic carbocycles. The molecule has 0 radical (unpaired) electrons. The van der Waals surface area contributed by atoms with Crippen LogP contribution in [0.15, 0.2) is 0 Å². The first-order chi connectivity index (χ1) is 12.5. The molecule has 0 bridgehead atoms. The third kappa shape index (κ3) is 15.7. The van der Waals surface area contributed by atoms with Crippen LogP contribution in [0.4, 0.5) is 0 Å². The van der Waals surface area contributed by atoms with Crippen LogP contribution in [0.1, 0.15) is 130 Å². The molecule has 0 amide bonds. The molecule has 3 nitrogen and oxygen atoms in total. The first-order valence-corrected chi connectivity index (χ1v) is 11.4. The summed E-state index contributed by atoms with van der Waals surface area (Å²) < 4.78 is 5.13. The van der Waals surface area contributed by atoms with Gasteiger partial charge in [-0.3, -0.25) is 0 Å². The molecule has 0 aromatic heterocycles. The average Bonchev–Trinajstić information content (AvgIpc) is 2.62. The number of hydrogen-bond donors (Lipinski definition) is 1. The van der Waals surface area contributed by atoms with E-state index in [2.05, 4.69) is 13.8 Å². The summed E-state index contributed by atoms with van der Waals surface area (Å²) in [6.07, 6.45) is 20.7. The van der Waals surface area contributed by atoms with Gasteiger partial charge in [0.2, 0.25) is 0 Å². The van der Waals surface area contributed by atoms with Crippen LogP contribution in [0.5, 0.6) is 0 Å². The molecule has 0 fully saturated rings. The molecule has 0 aromatic rings. The summed E-state index contributed by atoms with van der Waals surface area (Å²) in [4.78, 5) is 11.8. The van der Waals surface area contributed by atoms with E-state index in [1.807, 2.05) is 0 Å². The molecular weight excluding hydrogens is 324 g/mol. The van der Waals surface area contributed by atoms with Crippen molar-refractivity contribution in [2.24, 2.45) is 0 Å². The maximum atomic E-state index is 11.8. The molecule has 0 aliphatic carbocycles. The Morgan fingerprint density at radius 2 is 1.08 bits per heavy atom. The molecule has 0 rings (SSSR count). The second kappa shape index (κ2) is 17.8. The van der Waals surface area contributed by atoms with Crippen molar-refractivity contribution in [1.82, 2.24) is 0 Å². The summed E-state index contributed by atoms with van der Waals surface area (Å²) >= 11 is 0. The Morgan fingerprint density at radius 1 is 0.692 bits per heavy atom. The second-order valence-electron chi connectivity index (χ2n) is 8.11. The lowest BCUT2D eigenvalue weighted by atomic mass is 9.97. The molecule has 0 saturated heterocycles. The minimum absolute atomic E-state index is 0.421. The van der Waals surface area contributed by atoms with Crippen molar-refractivity contribution < 1.29 is 14.6 Å². The molecule has 156 valence electrons. The zero-order chi connectivity index (χ0) is 19.5. The molecule has 1 unspecified atom stereocenters. The zero-order valence-electron chi connectivity index (χ0n) is 18.0. The quantitative estimate of drug-likeness (QED) is 0.198. The van der Waals surface area contributed by atoms with Crippen LogP contribution in [0.3, 0.4) is 0 Å². The standard InChI is InChI=1S/C23H46O3/c1-4-6-8-9-10-11-12-13-14-15-16-17-18-19-20-23(3,25)22(24)26-21-7-5-2/h25H,4-21H2,1-3H3. The second-order valence-corrected chi connectivity index (χ2v) is 8.11. The SMILES string of the molecule is CCCCCCCCCCCCCCCCC(C)(O)C(=O)OCCCC. The smallest absolute Gasteiger partial charge is 0.337 e.